The highest BCUT2D eigenvalue weighted by Crippen LogP contribution is 2.72. The highest BCUT2D eigenvalue weighted by Gasteiger charge is 2.66. The van der Waals surface area contributed by atoms with Gasteiger partial charge in [0.15, 0.2) is 8.32 Å². The topological polar surface area (TPSA) is 61.8 Å². The molecule has 238 valence electrons. The van der Waals surface area contributed by atoms with Crippen LogP contribution in [0.25, 0.3) is 0 Å². The summed E-state index contributed by atoms with van der Waals surface area (Å²) in [5.74, 6) is 8.35. The molecular weight excluding hydrogens is 569 g/mol. The van der Waals surface area contributed by atoms with E-state index < -0.39 is 16.4 Å². The molecule has 5 aliphatic rings. The van der Waals surface area contributed by atoms with Gasteiger partial charge >= 0.3 is 11.9 Å². The number of esters is 2. The number of benzene rings is 1. The first kappa shape index (κ1) is 31.5. The van der Waals surface area contributed by atoms with Crippen molar-refractivity contribution in [3.05, 3.63) is 35.4 Å². The van der Waals surface area contributed by atoms with Crippen LogP contribution in [0.1, 0.15) is 73.6 Å². The predicted octanol–water partition coefficient (Wildman–Crippen LogP) is 8.54. The lowest BCUT2D eigenvalue weighted by atomic mass is 10.1. The third-order valence-electron chi connectivity index (χ3n) is 12.2. The Kier molecular flexibility index (Phi) is 8.37. The second kappa shape index (κ2) is 11.4. The van der Waals surface area contributed by atoms with Crippen molar-refractivity contribution in [3.8, 4) is 0 Å². The van der Waals surface area contributed by atoms with Crippen LogP contribution in [0.2, 0.25) is 43.8 Å². The van der Waals surface area contributed by atoms with Gasteiger partial charge in [-0.1, -0.05) is 40.4 Å². The van der Waals surface area contributed by atoms with Crippen molar-refractivity contribution >= 4 is 28.3 Å². The van der Waals surface area contributed by atoms with Crippen molar-refractivity contribution in [1.29, 1.82) is 0 Å². The Hall–Kier alpha value is -1.45. The molecule has 5 nitrogen and oxygen atoms in total. The van der Waals surface area contributed by atoms with Crippen molar-refractivity contribution in [2.45, 2.75) is 96.7 Å². The van der Waals surface area contributed by atoms with E-state index in [-0.39, 0.29) is 11.9 Å². The van der Waals surface area contributed by atoms with E-state index in [1.807, 2.05) is 0 Å². The minimum Gasteiger partial charge on any atom is -0.462 e. The molecule has 0 amide bonds. The van der Waals surface area contributed by atoms with Crippen molar-refractivity contribution in [2.24, 2.45) is 59.2 Å². The van der Waals surface area contributed by atoms with Crippen molar-refractivity contribution < 1.29 is 23.5 Å². The van der Waals surface area contributed by atoms with Crippen LogP contribution >= 0.6 is 0 Å². The van der Waals surface area contributed by atoms with Crippen LogP contribution in [0.3, 0.4) is 0 Å². The Balaban J connectivity index is 0.855. The molecule has 5 aliphatic carbocycles. The molecular formula is C36H56O5Si2. The van der Waals surface area contributed by atoms with E-state index >= 15 is 0 Å². The van der Waals surface area contributed by atoms with Crippen LogP contribution < -0.4 is 0 Å². The summed E-state index contributed by atoms with van der Waals surface area (Å²) in [4.78, 5) is 24.9. The third kappa shape index (κ3) is 7.52. The number of carbonyl (C=O) groups excluding carboxylic acids is 2. The molecule has 1 aromatic rings. The van der Waals surface area contributed by atoms with Gasteiger partial charge in [-0.25, -0.2) is 9.59 Å². The van der Waals surface area contributed by atoms with E-state index in [9.17, 15) is 9.59 Å². The maximum atomic E-state index is 12.6. The molecule has 1 aromatic carbocycles. The van der Waals surface area contributed by atoms with E-state index in [2.05, 4.69) is 53.5 Å². The average molecular weight is 625 g/mol. The summed E-state index contributed by atoms with van der Waals surface area (Å²) in [5.41, 5.74) is 0.988. The van der Waals surface area contributed by atoms with Crippen LogP contribution in [-0.2, 0) is 13.9 Å². The van der Waals surface area contributed by atoms with Gasteiger partial charge in [-0.2, -0.15) is 0 Å². The Morgan fingerprint density at radius 2 is 1.07 bits per heavy atom. The molecule has 6 rings (SSSR count). The number of rotatable bonds is 14. The Bertz CT molecular complexity index is 1200. The van der Waals surface area contributed by atoms with Gasteiger partial charge in [0, 0.05) is 14.7 Å². The molecule has 0 spiro atoms. The largest absolute Gasteiger partial charge is 0.462 e. The number of hydrogen-bond acceptors (Lipinski definition) is 5. The molecule has 0 bridgehead atoms. The van der Waals surface area contributed by atoms with Gasteiger partial charge in [0.05, 0.1) is 24.3 Å². The Morgan fingerprint density at radius 1 is 0.651 bits per heavy atom. The summed E-state index contributed by atoms with van der Waals surface area (Å²) in [6, 6.07) is 7.66. The summed E-state index contributed by atoms with van der Waals surface area (Å²) in [7, 11) is -2.86. The second-order valence-electron chi connectivity index (χ2n) is 17.7. The molecule has 5 fully saturated rings. The van der Waals surface area contributed by atoms with Gasteiger partial charge < -0.3 is 13.9 Å². The van der Waals surface area contributed by atoms with E-state index in [1.165, 1.54) is 32.1 Å². The maximum Gasteiger partial charge on any atom is 0.338 e. The summed E-state index contributed by atoms with van der Waals surface area (Å²) < 4.78 is 17.7. The quantitative estimate of drug-likeness (QED) is 0.153. The molecule has 43 heavy (non-hydrogen) atoms. The van der Waals surface area contributed by atoms with Crippen LogP contribution in [0.15, 0.2) is 24.3 Å². The summed E-state index contributed by atoms with van der Waals surface area (Å²) in [6.07, 6.45) is 7.02. The van der Waals surface area contributed by atoms with Crippen molar-refractivity contribution in [2.75, 3.05) is 19.8 Å². The monoisotopic (exact) mass is 624 g/mol. The van der Waals surface area contributed by atoms with E-state index in [0.29, 0.717) is 35.3 Å². The number of hydrogen-bond donors (Lipinski definition) is 0. The standard InChI is InChI=1S/C36H56O5Si2/c1-36(2,3)43(7,8)41-21-25-16-27(25)29-18-31(29)33-19-32(33)30-17-28(30)26-15-24(26)20-40-35(38)23-11-9-22(10-12-23)34(37)39-13-14-42(4,5)6/h9-12,24-33H,13-21H2,1-8H3/t24-,25-,26+,27+,28-,29-,30+,31+,32-,33-/m0/s1. The summed E-state index contributed by atoms with van der Waals surface area (Å²) >= 11 is 0. The number of ether oxygens (including phenoxy) is 2. The Morgan fingerprint density at radius 3 is 1.51 bits per heavy atom. The van der Waals surface area contributed by atoms with Gasteiger partial charge in [-0.05, 0) is 140 Å². The van der Waals surface area contributed by atoms with E-state index in [1.54, 1.807) is 24.3 Å². The lowest BCUT2D eigenvalue weighted by molar-refractivity contribution is 0.0474. The molecule has 0 aromatic heterocycles. The fourth-order valence-corrected chi connectivity index (χ4v) is 9.49. The van der Waals surface area contributed by atoms with Gasteiger partial charge in [0.1, 0.15) is 0 Å². The fraction of sp³-hybridized carbons (Fsp3) is 0.778. The zero-order chi connectivity index (χ0) is 30.9. The number of carbonyl (C=O) groups is 2. The van der Waals surface area contributed by atoms with Crippen LogP contribution in [0.4, 0.5) is 0 Å². The first-order chi connectivity index (χ1) is 20.1. The van der Waals surface area contributed by atoms with E-state index in [4.69, 9.17) is 13.9 Å². The lowest BCUT2D eigenvalue weighted by Crippen LogP contribution is -2.41. The highest BCUT2D eigenvalue weighted by molar-refractivity contribution is 6.76. The molecule has 0 unspecified atom stereocenters. The maximum absolute atomic E-state index is 12.6. The lowest BCUT2D eigenvalue weighted by Gasteiger charge is -2.36. The smallest absolute Gasteiger partial charge is 0.338 e. The molecule has 7 heteroatoms. The molecule has 10 atom stereocenters. The zero-order valence-corrected chi connectivity index (χ0v) is 30.0. The predicted molar refractivity (Wildman–Crippen MR) is 176 cm³/mol. The molecule has 5 saturated carbocycles. The van der Waals surface area contributed by atoms with Crippen LogP contribution in [0.5, 0.6) is 0 Å². The van der Waals surface area contributed by atoms with Gasteiger partial charge in [0.2, 0.25) is 0 Å². The minimum absolute atomic E-state index is 0.285. The molecule has 0 saturated heterocycles. The Labute approximate surface area is 262 Å². The van der Waals surface area contributed by atoms with Gasteiger partial charge in [-0.3, -0.25) is 0 Å². The van der Waals surface area contributed by atoms with Crippen molar-refractivity contribution in [1.82, 2.24) is 0 Å². The second-order valence-corrected chi connectivity index (χ2v) is 28.1. The highest BCUT2D eigenvalue weighted by atomic mass is 28.4. The molecule has 0 aliphatic heterocycles. The third-order valence-corrected chi connectivity index (χ3v) is 18.4. The SMILES string of the molecule is CC(C)(C)[Si](C)(C)OC[C@@H]1C[C@H]1[C@@H]1C[C@H]1[C@@H]1C[C@H]1[C@@H]1C[C@H]1[C@@H]1C[C@H]1COC(=O)c1ccc(C(=O)OCC[Si](C)(C)C)cc1. The van der Waals surface area contributed by atoms with Gasteiger partial charge in [0.25, 0.3) is 0 Å². The summed E-state index contributed by atoms with van der Waals surface area (Å²) in [6.45, 7) is 20.6. The molecule has 0 radical (unpaired) electrons. The molecule has 0 heterocycles. The van der Waals surface area contributed by atoms with Crippen LogP contribution in [-0.4, -0.2) is 48.2 Å². The first-order valence-electron chi connectivity index (χ1n) is 17.2. The van der Waals surface area contributed by atoms with Crippen molar-refractivity contribution in [3.63, 3.8) is 0 Å². The minimum atomic E-state index is -1.62. The van der Waals surface area contributed by atoms with Crippen LogP contribution in [0, 0.1) is 59.2 Å². The normalized spacial score (nSPS) is 36.1. The summed E-state index contributed by atoms with van der Waals surface area (Å²) in [5, 5.41) is 0.307. The fourth-order valence-electron chi connectivity index (χ4n) is 7.71. The van der Waals surface area contributed by atoms with E-state index in [0.717, 1.165) is 65.9 Å². The van der Waals surface area contributed by atoms with Gasteiger partial charge in [-0.15, -0.1) is 0 Å². The molecule has 0 N–H and O–H groups in total. The average Bonchev–Trinajstić information content (AvgIpc) is 3.73. The first-order valence-corrected chi connectivity index (χ1v) is 23.8. The zero-order valence-electron chi connectivity index (χ0n) is 28.0.